The number of aromatic nitrogens is 2. The van der Waals surface area contributed by atoms with Crippen molar-refractivity contribution in [2.75, 3.05) is 6.54 Å². The highest BCUT2D eigenvalue weighted by molar-refractivity contribution is 7.10. The minimum Gasteiger partial charge on any atom is -0.350 e. The average molecular weight is 331 g/mol. The molecule has 23 heavy (non-hydrogen) atoms. The number of hydrogen-bond acceptors (Lipinski definition) is 4. The topological polar surface area (TPSA) is 74.8 Å². The van der Waals surface area contributed by atoms with Gasteiger partial charge in [-0.25, -0.2) is 4.98 Å². The van der Waals surface area contributed by atoms with Gasteiger partial charge in [0.2, 0.25) is 0 Å². The van der Waals surface area contributed by atoms with Gasteiger partial charge in [0.15, 0.2) is 5.69 Å². The van der Waals surface area contributed by atoms with Crippen LogP contribution >= 0.6 is 11.3 Å². The third-order valence-corrected chi connectivity index (χ3v) is 5.86. The maximum absolute atomic E-state index is 12.4. The van der Waals surface area contributed by atoms with Crippen LogP contribution in [0.2, 0.25) is 0 Å². The zero-order valence-corrected chi connectivity index (χ0v) is 14.3. The molecule has 0 aromatic carbocycles. The van der Waals surface area contributed by atoms with E-state index < -0.39 is 11.5 Å². The van der Waals surface area contributed by atoms with Crippen LogP contribution < -0.4 is 10.9 Å². The molecule has 2 heterocycles. The summed E-state index contributed by atoms with van der Waals surface area (Å²) in [7, 11) is 0. The van der Waals surface area contributed by atoms with E-state index in [9.17, 15) is 9.59 Å². The van der Waals surface area contributed by atoms with Crippen LogP contribution in [0.15, 0.2) is 22.3 Å². The Morgan fingerprint density at radius 2 is 2.13 bits per heavy atom. The molecule has 0 radical (unpaired) electrons. The van der Waals surface area contributed by atoms with Gasteiger partial charge in [-0.3, -0.25) is 9.59 Å². The number of nitrogens with zero attached hydrogens (tertiary/aromatic N) is 1. The molecule has 3 rings (SSSR count). The fourth-order valence-electron chi connectivity index (χ4n) is 3.25. The SMILES string of the molecule is Cc1nc(C(=O)NCC2(c3cccs3)CCCC2)c(=O)[nH]c1C. The van der Waals surface area contributed by atoms with Crippen LogP contribution in [0, 0.1) is 13.8 Å². The van der Waals surface area contributed by atoms with Gasteiger partial charge in [0.1, 0.15) is 0 Å². The fourth-order valence-corrected chi connectivity index (χ4v) is 4.24. The van der Waals surface area contributed by atoms with Gasteiger partial charge in [0.25, 0.3) is 11.5 Å². The van der Waals surface area contributed by atoms with Crippen molar-refractivity contribution in [1.82, 2.24) is 15.3 Å². The van der Waals surface area contributed by atoms with Crippen molar-refractivity contribution in [2.45, 2.75) is 44.9 Å². The zero-order valence-electron chi connectivity index (χ0n) is 13.4. The first-order valence-electron chi connectivity index (χ1n) is 7.91. The molecular weight excluding hydrogens is 310 g/mol. The number of aryl methyl sites for hydroxylation is 2. The van der Waals surface area contributed by atoms with E-state index >= 15 is 0 Å². The summed E-state index contributed by atoms with van der Waals surface area (Å²) in [5.74, 6) is -0.391. The number of carbonyl (C=O) groups is 1. The van der Waals surface area contributed by atoms with E-state index in [1.54, 1.807) is 25.2 Å². The molecule has 0 saturated heterocycles. The van der Waals surface area contributed by atoms with Crippen molar-refractivity contribution >= 4 is 17.2 Å². The van der Waals surface area contributed by atoms with E-state index in [0.717, 1.165) is 12.8 Å². The number of rotatable bonds is 4. The first kappa shape index (κ1) is 15.9. The maximum Gasteiger partial charge on any atom is 0.279 e. The molecule has 1 aliphatic carbocycles. The number of hydrogen-bond donors (Lipinski definition) is 2. The Morgan fingerprint density at radius 3 is 2.78 bits per heavy atom. The number of thiophene rings is 1. The Hall–Kier alpha value is -1.95. The molecule has 1 fully saturated rings. The van der Waals surface area contributed by atoms with E-state index in [4.69, 9.17) is 0 Å². The molecule has 0 aliphatic heterocycles. The predicted molar refractivity (Wildman–Crippen MR) is 91.1 cm³/mol. The number of carbonyl (C=O) groups excluding carboxylic acids is 1. The van der Waals surface area contributed by atoms with E-state index in [1.807, 2.05) is 0 Å². The Bertz CT molecular complexity index is 759. The van der Waals surface area contributed by atoms with E-state index in [-0.39, 0.29) is 11.1 Å². The largest absolute Gasteiger partial charge is 0.350 e. The first-order chi connectivity index (χ1) is 11.0. The van der Waals surface area contributed by atoms with Crippen LogP contribution in [0.4, 0.5) is 0 Å². The highest BCUT2D eigenvalue weighted by Gasteiger charge is 2.37. The second-order valence-electron chi connectivity index (χ2n) is 6.27. The summed E-state index contributed by atoms with van der Waals surface area (Å²) < 4.78 is 0. The summed E-state index contributed by atoms with van der Waals surface area (Å²) in [5.41, 5.74) is 0.895. The van der Waals surface area contributed by atoms with Crippen molar-refractivity contribution in [3.63, 3.8) is 0 Å². The zero-order chi connectivity index (χ0) is 16.4. The number of amides is 1. The predicted octanol–water partition coefficient (Wildman–Crippen LogP) is 2.69. The Kier molecular flexibility index (Phi) is 4.35. The van der Waals surface area contributed by atoms with Crippen molar-refractivity contribution in [1.29, 1.82) is 0 Å². The monoisotopic (exact) mass is 331 g/mol. The molecule has 5 nitrogen and oxygen atoms in total. The summed E-state index contributed by atoms with van der Waals surface area (Å²) >= 11 is 1.74. The van der Waals surface area contributed by atoms with Crippen LogP contribution in [0.3, 0.4) is 0 Å². The van der Waals surface area contributed by atoms with Gasteiger partial charge in [-0.05, 0) is 38.1 Å². The number of nitrogens with one attached hydrogen (secondary N) is 2. The number of aromatic amines is 1. The molecule has 2 aromatic heterocycles. The van der Waals surface area contributed by atoms with Gasteiger partial charge < -0.3 is 10.3 Å². The highest BCUT2D eigenvalue weighted by atomic mass is 32.1. The molecule has 1 amide bonds. The molecule has 6 heteroatoms. The molecular formula is C17H21N3O2S. The molecule has 1 aliphatic rings. The molecule has 0 unspecified atom stereocenters. The van der Waals surface area contributed by atoms with Gasteiger partial charge >= 0.3 is 0 Å². The van der Waals surface area contributed by atoms with Crippen LogP contribution in [0.1, 0.15) is 52.4 Å². The summed E-state index contributed by atoms with van der Waals surface area (Å²) in [6.07, 6.45) is 4.50. The van der Waals surface area contributed by atoms with Crippen LogP contribution in [-0.4, -0.2) is 22.4 Å². The molecule has 2 aromatic rings. The lowest BCUT2D eigenvalue weighted by atomic mass is 9.84. The van der Waals surface area contributed by atoms with Crippen LogP contribution in [0.5, 0.6) is 0 Å². The molecule has 2 N–H and O–H groups in total. The van der Waals surface area contributed by atoms with E-state index in [0.29, 0.717) is 17.9 Å². The molecule has 0 atom stereocenters. The molecule has 1 saturated carbocycles. The lowest BCUT2D eigenvalue weighted by molar-refractivity contribution is 0.0936. The minimum atomic E-state index is -0.429. The second-order valence-corrected chi connectivity index (χ2v) is 7.22. The smallest absolute Gasteiger partial charge is 0.279 e. The van der Waals surface area contributed by atoms with Crippen LogP contribution in [-0.2, 0) is 5.41 Å². The Morgan fingerprint density at radius 1 is 1.39 bits per heavy atom. The van der Waals surface area contributed by atoms with Crippen molar-refractivity contribution in [3.05, 3.63) is 49.8 Å². The maximum atomic E-state index is 12.4. The van der Waals surface area contributed by atoms with E-state index in [1.165, 1.54) is 17.7 Å². The minimum absolute atomic E-state index is 0.0102. The highest BCUT2D eigenvalue weighted by Crippen LogP contribution is 2.42. The summed E-state index contributed by atoms with van der Waals surface area (Å²) in [6.45, 7) is 4.11. The van der Waals surface area contributed by atoms with Gasteiger partial charge in [-0.2, -0.15) is 0 Å². The van der Waals surface area contributed by atoms with Crippen LogP contribution in [0.25, 0.3) is 0 Å². The van der Waals surface area contributed by atoms with Crippen molar-refractivity contribution in [3.8, 4) is 0 Å². The van der Waals surface area contributed by atoms with Gasteiger partial charge in [-0.15, -0.1) is 11.3 Å². The Labute approximate surface area is 139 Å². The average Bonchev–Trinajstić information content (AvgIpc) is 3.20. The second kappa shape index (κ2) is 6.28. The van der Waals surface area contributed by atoms with Gasteiger partial charge in [0.05, 0.1) is 5.69 Å². The molecule has 0 bridgehead atoms. The van der Waals surface area contributed by atoms with E-state index in [2.05, 4.69) is 32.8 Å². The van der Waals surface area contributed by atoms with Gasteiger partial charge in [-0.1, -0.05) is 18.9 Å². The Balaban J connectivity index is 1.78. The molecule has 0 spiro atoms. The van der Waals surface area contributed by atoms with Crippen molar-refractivity contribution in [2.24, 2.45) is 0 Å². The third-order valence-electron chi connectivity index (χ3n) is 4.75. The normalized spacial score (nSPS) is 16.4. The van der Waals surface area contributed by atoms with Gasteiger partial charge in [0, 0.05) is 22.5 Å². The summed E-state index contributed by atoms with van der Waals surface area (Å²) in [4.78, 5) is 32.5. The first-order valence-corrected chi connectivity index (χ1v) is 8.79. The summed E-state index contributed by atoms with van der Waals surface area (Å²) in [6, 6.07) is 4.20. The lowest BCUT2D eigenvalue weighted by Crippen LogP contribution is -2.40. The summed E-state index contributed by atoms with van der Waals surface area (Å²) in [5, 5.41) is 5.02. The lowest BCUT2D eigenvalue weighted by Gasteiger charge is -2.28. The van der Waals surface area contributed by atoms with Crippen molar-refractivity contribution < 1.29 is 4.79 Å². The number of H-pyrrole nitrogens is 1. The molecule has 122 valence electrons. The quantitative estimate of drug-likeness (QED) is 0.904. The fraction of sp³-hybridized carbons (Fsp3) is 0.471. The standard InChI is InChI=1S/C17H21N3O2S/c1-11-12(2)20-16(22)14(19-11)15(21)18-10-17(7-3-4-8-17)13-6-5-9-23-13/h5-6,9H,3-4,7-8,10H2,1-2H3,(H,18,21)(H,20,22). The third kappa shape index (κ3) is 3.08.